The van der Waals surface area contributed by atoms with E-state index in [1.807, 2.05) is 0 Å². The summed E-state index contributed by atoms with van der Waals surface area (Å²) < 4.78 is 0. The zero-order valence-electron chi connectivity index (χ0n) is 2.65. The monoisotopic (exact) mass is 91.0 g/mol. The summed E-state index contributed by atoms with van der Waals surface area (Å²) in [4.78, 5) is 0. The molecule has 1 fully saturated rings. The normalized spacial score (nSPS) is 49.2. The van der Waals surface area contributed by atoms with Crippen LogP contribution in [0.3, 0.4) is 0 Å². The summed E-state index contributed by atoms with van der Waals surface area (Å²) in [7, 11) is 0. The summed E-state index contributed by atoms with van der Waals surface area (Å²) in [5, 5.41) is 9.81. The number of hydrogen-bond acceptors (Lipinski definition) is 0. The molecular weight excluding hydrogens is 87.5 g/mol. The molecule has 1 radical (unpaired) electrons. The standard InChI is InChI=1S/C3H4ClO/c4-2-1-3(2)5/h2-3H,1H2. The topological polar surface area (TPSA) is 19.9 Å². The van der Waals surface area contributed by atoms with Crippen molar-refractivity contribution in [3.63, 3.8) is 0 Å². The van der Waals surface area contributed by atoms with Gasteiger partial charge in [0.2, 0.25) is 0 Å². The smallest absolute Gasteiger partial charge is 0.111 e. The maximum atomic E-state index is 9.84. The predicted molar refractivity (Wildman–Crippen MR) is 18.7 cm³/mol. The van der Waals surface area contributed by atoms with Crippen LogP contribution in [0.25, 0.3) is 0 Å². The molecule has 0 aromatic carbocycles. The lowest BCUT2D eigenvalue weighted by atomic mass is 10.9. The second-order valence-electron chi connectivity index (χ2n) is 1.29. The van der Waals surface area contributed by atoms with E-state index in [1.54, 1.807) is 0 Å². The third-order valence-corrected chi connectivity index (χ3v) is 1.12. The van der Waals surface area contributed by atoms with Crippen molar-refractivity contribution >= 4 is 11.6 Å². The first-order valence-electron chi connectivity index (χ1n) is 1.60. The number of rotatable bonds is 0. The van der Waals surface area contributed by atoms with E-state index in [0.29, 0.717) is 6.42 Å². The molecule has 0 saturated heterocycles. The highest BCUT2D eigenvalue weighted by Crippen LogP contribution is 2.27. The van der Waals surface area contributed by atoms with Crippen molar-refractivity contribution in [3.05, 3.63) is 0 Å². The fourth-order valence-corrected chi connectivity index (χ4v) is 0.319. The molecular formula is C3H4ClO. The third kappa shape index (κ3) is 0.551. The first-order valence-corrected chi connectivity index (χ1v) is 2.04. The van der Waals surface area contributed by atoms with E-state index in [9.17, 15) is 5.11 Å². The van der Waals surface area contributed by atoms with E-state index in [4.69, 9.17) is 11.6 Å². The Morgan fingerprint density at radius 3 is 2.00 bits per heavy atom. The van der Waals surface area contributed by atoms with Crippen LogP contribution in [0.4, 0.5) is 0 Å². The molecule has 1 rings (SSSR count). The van der Waals surface area contributed by atoms with Gasteiger partial charge in [-0.05, 0) is 6.42 Å². The van der Waals surface area contributed by atoms with E-state index >= 15 is 0 Å². The fourth-order valence-electron chi connectivity index (χ4n) is 0.143. The molecule has 0 aromatic rings. The lowest BCUT2D eigenvalue weighted by Gasteiger charge is -1.61. The van der Waals surface area contributed by atoms with Crippen LogP contribution in [0.5, 0.6) is 0 Å². The molecule has 0 aliphatic heterocycles. The average Bonchev–Trinajstić information content (AvgIpc) is 1.79. The van der Waals surface area contributed by atoms with Crippen LogP contribution in [-0.2, 0) is 5.11 Å². The predicted octanol–water partition coefficient (Wildman–Crippen LogP) is 0.797. The molecule has 1 aliphatic rings. The molecule has 2 heteroatoms. The van der Waals surface area contributed by atoms with Crippen LogP contribution in [0.15, 0.2) is 0 Å². The van der Waals surface area contributed by atoms with Gasteiger partial charge in [-0.2, -0.15) is 0 Å². The van der Waals surface area contributed by atoms with Gasteiger partial charge in [0, 0.05) is 0 Å². The Labute approximate surface area is 35.6 Å². The molecule has 1 saturated carbocycles. The fraction of sp³-hybridized carbons (Fsp3) is 1.00. The van der Waals surface area contributed by atoms with Crippen molar-refractivity contribution in [2.75, 3.05) is 0 Å². The lowest BCUT2D eigenvalue weighted by molar-refractivity contribution is 0.176. The second-order valence-corrected chi connectivity index (χ2v) is 1.85. The number of hydrogen-bond donors (Lipinski definition) is 0. The van der Waals surface area contributed by atoms with Gasteiger partial charge in [0.25, 0.3) is 0 Å². The molecule has 2 unspecified atom stereocenters. The molecule has 0 bridgehead atoms. The molecule has 0 N–H and O–H groups in total. The summed E-state index contributed by atoms with van der Waals surface area (Å²) in [6.45, 7) is 0. The van der Waals surface area contributed by atoms with Gasteiger partial charge >= 0.3 is 0 Å². The zero-order valence-corrected chi connectivity index (χ0v) is 3.40. The largest absolute Gasteiger partial charge is 0.231 e. The minimum Gasteiger partial charge on any atom is -0.231 e. The average molecular weight is 91.5 g/mol. The number of halogens is 1. The van der Waals surface area contributed by atoms with Gasteiger partial charge in [0.15, 0.2) is 0 Å². The summed E-state index contributed by atoms with van der Waals surface area (Å²) in [5.41, 5.74) is 0. The van der Waals surface area contributed by atoms with Gasteiger partial charge in [-0.1, -0.05) is 0 Å². The molecule has 0 heterocycles. The van der Waals surface area contributed by atoms with Crippen LogP contribution in [0.2, 0.25) is 0 Å². The van der Waals surface area contributed by atoms with Gasteiger partial charge in [-0.25, -0.2) is 5.11 Å². The first-order chi connectivity index (χ1) is 2.30. The number of alkyl halides is 1. The second kappa shape index (κ2) is 0.854. The van der Waals surface area contributed by atoms with Crippen molar-refractivity contribution in [1.29, 1.82) is 0 Å². The van der Waals surface area contributed by atoms with Crippen LogP contribution < -0.4 is 0 Å². The van der Waals surface area contributed by atoms with Crippen LogP contribution in [-0.4, -0.2) is 11.5 Å². The summed E-state index contributed by atoms with van der Waals surface area (Å²) >= 11 is 5.22. The molecule has 1 aliphatic carbocycles. The van der Waals surface area contributed by atoms with Gasteiger partial charge in [0.1, 0.15) is 6.10 Å². The van der Waals surface area contributed by atoms with Gasteiger partial charge < -0.3 is 0 Å². The van der Waals surface area contributed by atoms with Crippen LogP contribution >= 0.6 is 11.6 Å². The van der Waals surface area contributed by atoms with Crippen molar-refractivity contribution in [2.24, 2.45) is 0 Å². The van der Waals surface area contributed by atoms with E-state index < -0.39 is 6.10 Å². The Morgan fingerprint density at radius 2 is 2.00 bits per heavy atom. The first kappa shape index (κ1) is 3.44. The van der Waals surface area contributed by atoms with E-state index in [0.717, 1.165) is 0 Å². The Bertz CT molecular complexity index is 40.2. The Hall–Kier alpha value is 0.250. The highest BCUT2D eigenvalue weighted by Gasteiger charge is 2.34. The van der Waals surface area contributed by atoms with E-state index in [2.05, 4.69) is 0 Å². The highest BCUT2D eigenvalue weighted by atomic mass is 35.5. The molecule has 0 amide bonds. The Kier molecular flexibility index (Phi) is 0.588. The van der Waals surface area contributed by atoms with Gasteiger partial charge in [-0.3, -0.25) is 0 Å². The maximum absolute atomic E-state index is 9.84. The summed E-state index contributed by atoms with van der Waals surface area (Å²) in [6, 6.07) is 0. The minimum absolute atomic E-state index is 0.0324. The Morgan fingerprint density at radius 1 is 1.80 bits per heavy atom. The maximum Gasteiger partial charge on any atom is 0.111 e. The SMILES string of the molecule is [O]C1CC1Cl. The quantitative estimate of drug-likeness (QED) is 0.393. The van der Waals surface area contributed by atoms with E-state index in [1.165, 1.54) is 0 Å². The van der Waals surface area contributed by atoms with E-state index in [-0.39, 0.29) is 5.38 Å². The molecule has 5 heavy (non-hydrogen) atoms. The van der Waals surface area contributed by atoms with Gasteiger partial charge in [0.05, 0.1) is 5.38 Å². The molecule has 0 aromatic heterocycles. The highest BCUT2D eigenvalue weighted by molar-refractivity contribution is 6.22. The van der Waals surface area contributed by atoms with Crippen molar-refractivity contribution in [2.45, 2.75) is 17.9 Å². The third-order valence-electron chi connectivity index (χ3n) is 0.658. The van der Waals surface area contributed by atoms with Crippen molar-refractivity contribution in [1.82, 2.24) is 0 Å². The molecule has 2 atom stereocenters. The zero-order chi connectivity index (χ0) is 3.86. The summed E-state index contributed by atoms with van der Waals surface area (Å²) in [5.74, 6) is 0. The molecule has 29 valence electrons. The van der Waals surface area contributed by atoms with Gasteiger partial charge in [-0.15, -0.1) is 11.6 Å². The van der Waals surface area contributed by atoms with Crippen LogP contribution in [0.1, 0.15) is 6.42 Å². The summed E-state index contributed by atoms with van der Waals surface area (Å²) in [6.07, 6.45) is 0.248. The van der Waals surface area contributed by atoms with Crippen molar-refractivity contribution < 1.29 is 5.11 Å². The lowest BCUT2D eigenvalue weighted by Crippen LogP contribution is -1.73. The minimum atomic E-state index is -0.434. The molecule has 0 spiro atoms. The molecule has 1 nitrogen and oxygen atoms in total. The van der Waals surface area contributed by atoms with Crippen LogP contribution in [0, 0.1) is 0 Å². The Balaban J connectivity index is 2.20. The van der Waals surface area contributed by atoms with Crippen molar-refractivity contribution in [3.8, 4) is 0 Å².